The predicted octanol–water partition coefficient (Wildman–Crippen LogP) is -1.53. The second kappa shape index (κ2) is 3.88. The van der Waals surface area contributed by atoms with Crippen LogP contribution in [-0.2, 0) is 0 Å². The quantitative estimate of drug-likeness (QED) is 0.393. The van der Waals surface area contributed by atoms with Crippen molar-refractivity contribution in [2.75, 3.05) is 0 Å². The van der Waals surface area contributed by atoms with Crippen molar-refractivity contribution in [2.24, 2.45) is 0 Å². The standard InChI is InChI=1S/C6H14O4/c1-3(7)5(9)6(10)4(2)8/h3-10H,1-2H3/t3-,4+,5-,6+. The summed E-state index contributed by atoms with van der Waals surface area (Å²) < 4.78 is 0. The van der Waals surface area contributed by atoms with E-state index in [9.17, 15) is 0 Å². The molecule has 0 fully saturated rings. The fraction of sp³-hybridized carbons (Fsp3) is 1.00. The van der Waals surface area contributed by atoms with E-state index in [4.69, 9.17) is 20.4 Å². The third-order valence-electron chi connectivity index (χ3n) is 1.34. The Hall–Kier alpha value is -0.160. The van der Waals surface area contributed by atoms with Gasteiger partial charge in [-0.1, -0.05) is 0 Å². The average molecular weight is 150 g/mol. The molecule has 0 amide bonds. The average Bonchev–Trinajstić information content (AvgIpc) is 1.84. The van der Waals surface area contributed by atoms with Crippen molar-refractivity contribution < 1.29 is 20.4 Å². The van der Waals surface area contributed by atoms with E-state index < -0.39 is 24.4 Å². The Morgan fingerprint density at radius 2 is 0.900 bits per heavy atom. The maximum absolute atomic E-state index is 8.91. The lowest BCUT2D eigenvalue weighted by molar-refractivity contribution is -0.0947. The van der Waals surface area contributed by atoms with E-state index in [2.05, 4.69) is 0 Å². The van der Waals surface area contributed by atoms with Crippen LogP contribution in [0.15, 0.2) is 0 Å². The molecule has 0 unspecified atom stereocenters. The summed E-state index contributed by atoms with van der Waals surface area (Å²) >= 11 is 0. The zero-order valence-electron chi connectivity index (χ0n) is 6.10. The Bertz CT molecular complexity index is 79.7. The normalized spacial score (nSPS) is 23.4. The van der Waals surface area contributed by atoms with E-state index in [1.165, 1.54) is 13.8 Å². The maximum atomic E-state index is 8.91. The molecule has 0 aromatic carbocycles. The van der Waals surface area contributed by atoms with Crippen LogP contribution in [0.2, 0.25) is 0 Å². The van der Waals surface area contributed by atoms with Crippen molar-refractivity contribution in [2.45, 2.75) is 38.3 Å². The predicted molar refractivity (Wildman–Crippen MR) is 35.4 cm³/mol. The summed E-state index contributed by atoms with van der Waals surface area (Å²) in [6.45, 7) is 2.69. The van der Waals surface area contributed by atoms with Crippen LogP contribution in [0.4, 0.5) is 0 Å². The van der Waals surface area contributed by atoms with Gasteiger partial charge in [0, 0.05) is 0 Å². The highest BCUT2D eigenvalue weighted by Gasteiger charge is 2.24. The highest BCUT2D eigenvalue weighted by Crippen LogP contribution is 2.03. The first-order valence-electron chi connectivity index (χ1n) is 3.19. The van der Waals surface area contributed by atoms with Gasteiger partial charge in [-0.25, -0.2) is 0 Å². The molecule has 0 rings (SSSR count). The first-order chi connectivity index (χ1) is 4.46. The van der Waals surface area contributed by atoms with Crippen molar-refractivity contribution in [3.8, 4) is 0 Å². The highest BCUT2D eigenvalue weighted by atomic mass is 16.4. The number of rotatable bonds is 3. The molecular formula is C6H14O4. The third kappa shape index (κ3) is 2.62. The van der Waals surface area contributed by atoms with Crippen LogP contribution in [0.3, 0.4) is 0 Å². The van der Waals surface area contributed by atoms with E-state index in [1.54, 1.807) is 0 Å². The van der Waals surface area contributed by atoms with E-state index in [0.29, 0.717) is 0 Å². The van der Waals surface area contributed by atoms with E-state index in [-0.39, 0.29) is 0 Å². The Morgan fingerprint density at radius 1 is 0.700 bits per heavy atom. The second-order valence-electron chi connectivity index (χ2n) is 2.46. The van der Waals surface area contributed by atoms with Gasteiger partial charge in [-0.15, -0.1) is 0 Å². The fourth-order valence-corrected chi connectivity index (χ4v) is 0.571. The van der Waals surface area contributed by atoms with E-state index in [1.807, 2.05) is 0 Å². The molecule has 0 aromatic heterocycles. The van der Waals surface area contributed by atoms with Crippen molar-refractivity contribution in [1.29, 1.82) is 0 Å². The molecule has 0 saturated carbocycles. The summed E-state index contributed by atoms with van der Waals surface area (Å²) in [6.07, 6.45) is -4.60. The van der Waals surface area contributed by atoms with Gasteiger partial charge in [0.1, 0.15) is 12.2 Å². The molecule has 4 N–H and O–H groups in total. The monoisotopic (exact) mass is 150 g/mol. The van der Waals surface area contributed by atoms with Crippen molar-refractivity contribution in [3.63, 3.8) is 0 Å². The van der Waals surface area contributed by atoms with Gasteiger partial charge in [0.05, 0.1) is 12.2 Å². The molecule has 10 heavy (non-hydrogen) atoms. The SMILES string of the molecule is C[C@H](O)[C@H](O)[C@H](O)[C@@H](C)O. The van der Waals surface area contributed by atoms with Crippen LogP contribution in [0.1, 0.15) is 13.8 Å². The van der Waals surface area contributed by atoms with Crippen LogP contribution >= 0.6 is 0 Å². The van der Waals surface area contributed by atoms with E-state index >= 15 is 0 Å². The van der Waals surface area contributed by atoms with Crippen LogP contribution in [0.25, 0.3) is 0 Å². The van der Waals surface area contributed by atoms with E-state index in [0.717, 1.165) is 0 Å². The van der Waals surface area contributed by atoms with Gasteiger partial charge in [0.15, 0.2) is 0 Å². The van der Waals surface area contributed by atoms with Gasteiger partial charge in [0.25, 0.3) is 0 Å². The number of hydrogen-bond donors (Lipinski definition) is 4. The van der Waals surface area contributed by atoms with Gasteiger partial charge in [-0.3, -0.25) is 0 Å². The second-order valence-corrected chi connectivity index (χ2v) is 2.46. The molecule has 0 bridgehead atoms. The molecule has 4 heteroatoms. The van der Waals surface area contributed by atoms with Crippen molar-refractivity contribution in [1.82, 2.24) is 0 Å². The van der Waals surface area contributed by atoms with Gasteiger partial charge < -0.3 is 20.4 Å². The Morgan fingerprint density at radius 3 is 1.00 bits per heavy atom. The number of aliphatic hydroxyl groups is 4. The number of aliphatic hydroxyl groups excluding tert-OH is 4. The van der Waals surface area contributed by atoms with Crippen molar-refractivity contribution in [3.05, 3.63) is 0 Å². The molecule has 0 heterocycles. The molecule has 0 aliphatic rings. The summed E-state index contributed by atoms with van der Waals surface area (Å²) in [6, 6.07) is 0. The summed E-state index contributed by atoms with van der Waals surface area (Å²) in [5.74, 6) is 0. The fourth-order valence-electron chi connectivity index (χ4n) is 0.571. The molecule has 4 nitrogen and oxygen atoms in total. The van der Waals surface area contributed by atoms with Crippen molar-refractivity contribution >= 4 is 0 Å². The van der Waals surface area contributed by atoms with Crippen LogP contribution in [0.5, 0.6) is 0 Å². The zero-order chi connectivity index (χ0) is 8.31. The Labute approximate surface area is 59.7 Å². The molecule has 0 spiro atoms. The molecule has 0 aliphatic carbocycles. The molecule has 0 aliphatic heterocycles. The Kier molecular flexibility index (Phi) is 3.81. The minimum absolute atomic E-state index is 1.02. The molecule has 62 valence electrons. The summed E-state index contributed by atoms with van der Waals surface area (Å²) in [5, 5.41) is 35.2. The maximum Gasteiger partial charge on any atom is 0.108 e. The number of hydrogen-bond acceptors (Lipinski definition) is 4. The first kappa shape index (κ1) is 9.84. The molecule has 0 saturated heterocycles. The van der Waals surface area contributed by atoms with Gasteiger partial charge >= 0.3 is 0 Å². The third-order valence-corrected chi connectivity index (χ3v) is 1.34. The minimum Gasteiger partial charge on any atom is -0.391 e. The zero-order valence-corrected chi connectivity index (χ0v) is 6.10. The van der Waals surface area contributed by atoms with Gasteiger partial charge in [-0.2, -0.15) is 0 Å². The molecular weight excluding hydrogens is 136 g/mol. The Balaban J connectivity index is 3.81. The lowest BCUT2D eigenvalue weighted by Gasteiger charge is -2.21. The van der Waals surface area contributed by atoms with Crippen LogP contribution in [-0.4, -0.2) is 44.8 Å². The highest BCUT2D eigenvalue weighted by molar-refractivity contribution is 4.75. The van der Waals surface area contributed by atoms with Gasteiger partial charge in [-0.05, 0) is 13.8 Å². The van der Waals surface area contributed by atoms with Crippen LogP contribution in [0, 0.1) is 0 Å². The van der Waals surface area contributed by atoms with Gasteiger partial charge in [0.2, 0.25) is 0 Å². The lowest BCUT2D eigenvalue weighted by atomic mass is 10.1. The smallest absolute Gasteiger partial charge is 0.108 e. The topological polar surface area (TPSA) is 80.9 Å². The molecule has 4 atom stereocenters. The largest absolute Gasteiger partial charge is 0.391 e. The minimum atomic E-state index is -1.28. The molecule has 0 aromatic rings. The summed E-state index contributed by atoms with van der Waals surface area (Å²) in [7, 11) is 0. The van der Waals surface area contributed by atoms with Crippen LogP contribution < -0.4 is 0 Å². The lowest BCUT2D eigenvalue weighted by Crippen LogP contribution is -2.41. The molecule has 0 radical (unpaired) electrons. The first-order valence-corrected chi connectivity index (χ1v) is 3.19. The summed E-state index contributed by atoms with van der Waals surface area (Å²) in [5.41, 5.74) is 0. The summed E-state index contributed by atoms with van der Waals surface area (Å²) in [4.78, 5) is 0.